The van der Waals surface area contributed by atoms with Crippen molar-refractivity contribution < 1.29 is 9.47 Å². The standard InChI is InChI=1S/C70H56N2O2/c1-43(2)73-53-35-31-51(32-36-53)71(49-27-23-45(5)24-28-49)61-41-39-59-65-55(61)19-13-21-57(65)67-63(47-15-9-7-10-16-47)68-58-22-14-20-56-62(42-40-60(66(56)58)70(68)64(69(59)67)48-17-11-8-12-18-48)72(50-29-25-46(6)26-30-50)52-33-37-54(38-34-52)74-44(3)4/h7-44H,1-6H3. The van der Waals surface area contributed by atoms with Crippen LogP contribution in [0.15, 0.2) is 218 Å². The fraction of sp³-hybridized carbons (Fsp3) is 0.114. The summed E-state index contributed by atoms with van der Waals surface area (Å²) >= 11 is 0. The molecule has 13 rings (SSSR count). The molecule has 0 atom stereocenters. The van der Waals surface area contributed by atoms with Crippen LogP contribution in [0.4, 0.5) is 34.1 Å². The van der Waals surface area contributed by atoms with Crippen molar-refractivity contribution in [3.05, 3.63) is 230 Å². The largest absolute Gasteiger partial charge is 0.491 e. The Labute approximate surface area is 432 Å². The first-order valence-electron chi connectivity index (χ1n) is 25.9. The first kappa shape index (κ1) is 45.0. The van der Waals surface area contributed by atoms with Gasteiger partial charge in [0.15, 0.2) is 0 Å². The molecule has 0 aliphatic heterocycles. The van der Waals surface area contributed by atoms with E-state index in [4.69, 9.17) is 9.47 Å². The number of hydrogen-bond donors (Lipinski definition) is 0. The third-order valence-corrected chi connectivity index (χ3v) is 14.7. The number of ether oxygens (including phenoxy) is 2. The van der Waals surface area contributed by atoms with Gasteiger partial charge in [0, 0.05) is 33.5 Å². The summed E-state index contributed by atoms with van der Waals surface area (Å²) in [7, 11) is 0. The number of aryl methyl sites for hydroxylation is 2. The smallest absolute Gasteiger partial charge is 0.119 e. The van der Waals surface area contributed by atoms with Gasteiger partial charge in [-0.2, -0.15) is 0 Å². The normalized spacial score (nSPS) is 11.9. The van der Waals surface area contributed by atoms with Crippen molar-refractivity contribution in [1.29, 1.82) is 0 Å². The minimum atomic E-state index is 0.0857. The van der Waals surface area contributed by atoms with Gasteiger partial charge in [-0.1, -0.05) is 145 Å². The summed E-state index contributed by atoms with van der Waals surface area (Å²) < 4.78 is 12.3. The second kappa shape index (κ2) is 18.0. The van der Waals surface area contributed by atoms with E-state index in [1.807, 2.05) is 0 Å². The third-order valence-electron chi connectivity index (χ3n) is 14.7. The molecule has 0 aliphatic rings. The van der Waals surface area contributed by atoms with E-state index in [9.17, 15) is 0 Å². The number of hydrogen-bond acceptors (Lipinski definition) is 4. The zero-order valence-corrected chi connectivity index (χ0v) is 42.7. The lowest BCUT2D eigenvalue weighted by molar-refractivity contribution is 0.242. The van der Waals surface area contributed by atoms with Crippen LogP contribution in [0.5, 0.6) is 11.5 Å². The van der Waals surface area contributed by atoms with E-state index in [1.165, 1.54) is 98.0 Å². The maximum atomic E-state index is 6.14. The highest BCUT2D eigenvalue weighted by Crippen LogP contribution is 2.57. The van der Waals surface area contributed by atoms with Crippen LogP contribution >= 0.6 is 0 Å². The molecule has 0 saturated carbocycles. The van der Waals surface area contributed by atoms with Crippen LogP contribution in [-0.4, -0.2) is 12.2 Å². The zero-order chi connectivity index (χ0) is 50.2. The molecule has 0 aromatic heterocycles. The lowest BCUT2D eigenvalue weighted by Crippen LogP contribution is -2.11. The maximum Gasteiger partial charge on any atom is 0.119 e. The van der Waals surface area contributed by atoms with Gasteiger partial charge < -0.3 is 19.3 Å². The number of fused-ring (bicyclic) bond motifs is 6. The molecule has 0 spiro atoms. The molecule has 0 fully saturated rings. The van der Waals surface area contributed by atoms with E-state index >= 15 is 0 Å². The fourth-order valence-electron chi connectivity index (χ4n) is 11.8. The van der Waals surface area contributed by atoms with E-state index in [1.54, 1.807) is 0 Å². The first-order valence-corrected chi connectivity index (χ1v) is 25.9. The lowest BCUT2D eigenvalue weighted by Gasteiger charge is -2.27. The van der Waals surface area contributed by atoms with Crippen LogP contribution in [0.1, 0.15) is 38.8 Å². The predicted molar refractivity (Wildman–Crippen MR) is 315 cm³/mol. The van der Waals surface area contributed by atoms with Crippen LogP contribution in [0.2, 0.25) is 0 Å². The van der Waals surface area contributed by atoms with Gasteiger partial charge >= 0.3 is 0 Å². The maximum absolute atomic E-state index is 6.14. The SMILES string of the molecule is Cc1ccc(N(c2ccc(OC(C)C)cc2)c2ccc3c4c(-c5ccccc5)c5c6ccc(N(c7ccc(C)cc7)c7ccc(OC(C)C)cc7)c7cccc(c5c(-c5ccccc5)c4c4cccc2c43)c76)cc1. The summed E-state index contributed by atoms with van der Waals surface area (Å²) in [5.41, 5.74) is 13.9. The van der Waals surface area contributed by atoms with E-state index in [0.29, 0.717) is 0 Å². The topological polar surface area (TPSA) is 24.9 Å². The second-order valence-electron chi connectivity index (χ2n) is 20.4. The second-order valence-corrected chi connectivity index (χ2v) is 20.4. The molecule has 358 valence electrons. The van der Waals surface area contributed by atoms with Crippen LogP contribution in [0, 0.1) is 13.8 Å². The van der Waals surface area contributed by atoms with Gasteiger partial charge in [-0.05, 0) is 203 Å². The quantitative estimate of drug-likeness (QED) is 0.122. The van der Waals surface area contributed by atoms with Crippen LogP contribution in [-0.2, 0) is 0 Å². The van der Waals surface area contributed by atoms with Gasteiger partial charge in [-0.3, -0.25) is 0 Å². The Kier molecular flexibility index (Phi) is 11.0. The number of nitrogens with zero attached hydrogens (tertiary/aromatic N) is 2. The minimum Gasteiger partial charge on any atom is -0.491 e. The van der Waals surface area contributed by atoms with Crippen LogP contribution in [0.25, 0.3) is 86.9 Å². The molecule has 0 radical (unpaired) electrons. The average molecular weight is 957 g/mol. The molecule has 0 bridgehead atoms. The van der Waals surface area contributed by atoms with Crippen LogP contribution in [0.3, 0.4) is 0 Å². The van der Waals surface area contributed by atoms with E-state index in [2.05, 4.69) is 270 Å². The molecule has 4 heteroatoms. The summed E-state index contributed by atoms with van der Waals surface area (Å²) in [5, 5.41) is 15.0. The van der Waals surface area contributed by atoms with Crippen molar-refractivity contribution in [2.75, 3.05) is 9.80 Å². The molecule has 13 aromatic rings. The highest BCUT2D eigenvalue weighted by atomic mass is 16.5. The molecule has 0 unspecified atom stereocenters. The van der Waals surface area contributed by atoms with Crippen molar-refractivity contribution in [3.63, 3.8) is 0 Å². The number of benzene rings is 11. The van der Waals surface area contributed by atoms with Gasteiger partial charge in [0.1, 0.15) is 11.5 Å². The number of anilines is 6. The summed E-state index contributed by atoms with van der Waals surface area (Å²) in [4.78, 5) is 4.81. The molecule has 0 heterocycles. The Morgan fingerprint density at radius 1 is 0.284 bits per heavy atom. The Bertz CT molecular complexity index is 3840. The third kappa shape index (κ3) is 7.43. The first-order chi connectivity index (χ1) is 36.2. The Morgan fingerprint density at radius 2 is 0.595 bits per heavy atom. The van der Waals surface area contributed by atoms with Crippen LogP contribution < -0.4 is 19.3 Å². The summed E-state index contributed by atoms with van der Waals surface area (Å²) in [6.07, 6.45) is 0.171. The van der Waals surface area contributed by atoms with Crippen molar-refractivity contribution in [3.8, 4) is 33.8 Å². The average Bonchev–Trinajstić information content (AvgIpc) is 3.93. The van der Waals surface area contributed by atoms with Crippen molar-refractivity contribution >= 4 is 98.8 Å². The number of rotatable bonds is 12. The monoisotopic (exact) mass is 956 g/mol. The van der Waals surface area contributed by atoms with E-state index < -0.39 is 0 Å². The van der Waals surface area contributed by atoms with Gasteiger partial charge in [-0.25, -0.2) is 0 Å². The lowest BCUT2D eigenvalue weighted by atomic mass is 9.87. The van der Waals surface area contributed by atoms with E-state index in [0.717, 1.165) is 45.6 Å². The van der Waals surface area contributed by atoms with Crippen molar-refractivity contribution in [2.24, 2.45) is 0 Å². The summed E-state index contributed by atoms with van der Waals surface area (Å²) in [6, 6.07) is 80.5. The van der Waals surface area contributed by atoms with Gasteiger partial charge in [-0.15, -0.1) is 0 Å². The molecule has 4 nitrogen and oxygen atoms in total. The Morgan fingerprint density at radius 3 is 0.932 bits per heavy atom. The highest BCUT2D eigenvalue weighted by molar-refractivity contribution is 6.47. The zero-order valence-electron chi connectivity index (χ0n) is 42.7. The summed E-state index contributed by atoms with van der Waals surface area (Å²) in [5.74, 6) is 1.72. The Hall–Kier alpha value is -8.86. The highest BCUT2D eigenvalue weighted by Gasteiger charge is 2.30. The molecule has 0 aliphatic carbocycles. The van der Waals surface area contributed by atoms with Gasteiger partial charge in [0.05, 0.1) is 23.6 Å². The summed E-state index contributed by atoms with van der Waals surface area (Å²) in [6.45, 7) is 12.6. The van der Waals surface area contributed by atoms with Crippen molar-refractivity contribution in [2.45, 2.75) is 53.8 Å². The van der Waals surface area contributed by atoms with Crippen molar-refractivity contribution in [1.82, 2.24) is 0 Å². The molecule has 0 N–H and O–H groups in total. The molecule has 0 amide bonds. The molecule has 13 aromatic carbocycles. The van der Waals surface area contributed by atoms with E-state index in [-0.39, 0.29) is 12.2 Å². The molecule has 0 saturated heterocycles. The van der Waals surface area contributed by atoms with Gasteiger partial charge in [0.2, 0.25) is 0 Å². The Balaban J connectivity index is 1.14. The van der Waals surface area contributed by atoms with Gasteiger partial charge in [0.25, 0.3) is 0 Å². The fourth-order valence-corrected chi connectivity index (χ4v) is 11.8. The molecular formula is C70H56N2O2. The molecule has 74 heavy (non-hydrogen) atoms. The molecular weight excluding hydrogens is 901 g/mol. The predicted octanol–water partition coefficient (Wildman–Crippen LogP) is 19.9. The minimum absolute atomic E-state index is 0.0857.